The van der Waals surface area contributed by atoms with Crippen molar-refractivity contribution >= 4 is 22.5 Å². The van der Waals surface area contributed by atoms with E-state index in [4.69, 9.17) is 16.6 Å². The molecule has 4 rings (SSSR count). The highest BCUT2D eigenvalue weighted by molar-refractivity contribution is 6.36. The molecule has 0 amide bonds. The van der Waals surface area contributed by atoms with Gasteiger partial charge in [-0.05, 0) is 12.0 Å². The summed E-state index contributed by atoms with van der Waals surface area (Å²) in [6, 6.07) is 20.2. The summed E-state index contributed by atoms with van der Waals surface area (Å²) in [5.74, 6) is 0.180. The Bertz CT molecular complexity index is 1060. The van der Waals surface area contributed by atoms with E-state index in [1.54, 1.807) is 0 Å². The summed E-state index contributed by atoms with van der Waals surface area (Å²) in [4.78, 5) is 4.78. The predicted molar refractivity (Wildman–Crippen MR) is 107 cm³/mol. The van der Waals surface area contributed by atoms with Crippen LogP contribution in [0.1, 0.15) is 18.2 Å². The predicted octanol–water partition coefficient (Wildman–Crippen LogP) is 5.67. The van der Waals surface area contributed by atoms with Crippen molar-refractivity contribution < 1.29 is 5.11 Å². The Labute approximate surface area is 157 Å². The molecule has 0 unspecified atom stereocenters. The van der Waals surface area contributed by atoms with Gasteiger partial charge in [-0.25, -0.2) is 4.98 Å². The van der Waals surface area contributed by atoms with E-state index in [-0.39, 0.29) is 5.75 Å². The van der Waals surface area contributed by atoms with Gasteiger partial charge < -0.3 is 9.67 Å². The highest BCUT2D eigenvalue weighted by Gasteiger charge is 2.20. The quantitative estimate of drug-likeness (QED) is 0.507. The molecule has 2 heterocycles. The summed E-state index contributed by atoms with van der Waals surface area (Å²) in [5.41, 5.74) is 4.55. The monoisotopic (exact) mass is 362 g/mol. The van der Waals surface area contributed by atoms with Crippen molar-refractivity contribution in [2.24, 2.45) is 0 Å². The minimum Gasteiger partial charge on any atom is -0.505 e. The van der Waals surface area contributed by atoms with Crippen molar-refractivity contribution in [2.45, 2.75) is 19.9 Å². The van der Waals surface area contributed by atoms with Gasteiger partial charge in [0.05, 0.1) is 27.3 Å². The molecule has 0 fully saturated rings. The zero-order valence-corrected chi connectivity index (χ0v) is 15.2. The van der Waals surface area contributed by atoms with E-state index in [0.717, 1.165) is 16.8 Å². The van der Waals surface area contributed by atoms with Crippen molar-refractivity contribution in [3.63, 3.8) is 0 Å². The number of hydrogen-bond donors (Lipinski definition) is 1. The van der Waals surface area contributed by atoms with Crippen LogP contribution in [0.2, 0.25) is 5.02 Å². The molecule has 0 aliphatic heterocycles. The van der Waals surface area contributed by atoms with Crippen LogP contribution < -0.4 is 0 Å². The lowest BCUT2D eigenvalue weighted by molar-refractivity contribution is 0.472. The molecule has 0 atom stereocenters. The average Bonchev–Trinajstić information content (AvgIpc) is 3.00. The number of nitrogens with zero attached hydrogens (tertiary/aromatic N) is 2. The summed E-state index contributed by atoms with van der Waals surface area (Å²) < 4.78 is 2.07. The van der Waals surface area contributed by atoms with Gasteiger partial charge in [-0.3, -0.25) is 0 Å². The zero-order chi connectivity index (χ0) is 18.1. The van der Waals surface area contributed by atoms with Crippen LogP contribution in [0.15, 0.2) is 66.9 Å². The van der Waals surface area contributed by atoms with E-state index in [1.807, 2.05) is 61.7 Å². The SMILES string of the molecule is CCc1nc(-c2ccccc2)c2c(c(Cl)cn2Cc2ccccc2)c1O. The fraction of sp³-hybridized carbons (Fsp3) is 0.136. The molecule has 0 aliphatic rings. The average molecular weight is 363 g/mol. The van der Waals surface area contributed by atoms with E-state index >= 15 is 0 Å². The number of hydrogen-bond acceptors (Lipinski definition) is 2. The summed E-state index contributed by atoms with van der Waals surface area (Å²) in [5, 5.41) is 11.9. The third-order valence-electron chi connectivity index (χ3n) is 4.59. The maximum Gasteiger partial charge on any atom is 0.147 e. The molecular weight excluding hydrogens is 344 g/mol. The van der Waals surface area contributed by atoms with Crippen molar-refractivity contribution in [1.29, 1.82) is 0 Å². The first-order valence-corrected chi connectivity index (χ1v) is 9.06. The fourth-order valence-electron chi connectivity index (χ4n) is 3.34. The highest BCUT2D eigenvalue weighted by atomic mass is 35.5. The topological polar surface area (TPSA) is 38.0 Å². The molecule has 0 saturated heterocycles. The first kappa shape index (κ1) is 16.7. The number of halogens is 1. The molecular formula is C22H19ClN2O. The lowest BCUT2D eigenvalue weighted by Gasteiger charge is -2.13. The third-order valence-corrected chi connectivity index (χ3v) is 4.88. The van der Waals surface area contributed by atoms with Crippen LogP contribution in [0.3, 0.4) is 0 Å². The maximum absolute atomic E-state index is 10.7. The molecule has 2 aromatic carbocycles. The number of aromatic nitrogens is 2. The van der Waals surface area contributed by atoms with Crippen molar-refractivity contribution in [2.75, 3.05) is 0 Å². The standard InChI is InChI=1S/C22H19ClN2O/c1-2-18-22(26)19-17(23)14-25(13-15-9-5-3-6-10-15)21(19)20(24-18)16-11-7-4-8-12-16/h3-12,14,26H,2,13H2,1H3. The Morgan fingerprint density at radius 2 is 1.65 bits per heavy atom. The van der Waals surface area contributed by atoms with Gasteiger partial charge in [0.2, 0.25) is 0 Å². The molecule has 4 aromatic rings. The second kappa shape index (κ2) is 6.85. The highest BCUT2D eigenvalue weighted by Crippen LogP contribution is 2.40. The molecule has 3 nitrogen and oxygen atoms in total. The van der Waals surface area contributed by atoms with Gasteiger partial charge in [-0.15, -0.1) is 0 Å². The van der Waals surface area contributed by atoms with Crippen LogP contribution >= 0.6 is 11.6 Å². The number of benzene rings is 2. The van der Waals surface area contributed by atoms with E-state index in [1.165, 1.54) is 5.56 Å². The summed E-state index contributed by atoms with van der Waals surface area (Å²) in [6.07, 6.45) is 2.52. The summed E-state index contributed by atoms with van der Waals surface area (Å²) >= 11 is 6.53. The van der Waals surface area contributed by atoms with Gasteiger partial charge in [0.25, 0.3) is 0 Å². The molecule has 0 aliphatic carbocycles. The number of aryl methyl sites for hydroxylation is 1. The Kier molecular flexibility index (Phi) is 4.39. The minimum absolute atomic E-state index is 0.180. The van der Waals surface area contributed by atoms with Gasteiger partial charge in [-0.2, -0.15) is 0 Å². The molecule has 1 N–H and O–H groups in total. The molecule has 26 heavy (non-hydrogen) atoms. The Morgan fingerprint density at radius 1 is 1.00 bits per heavy atom. The summed E-state index contributed by atoms with van der Waals surface area (Å²) in [7, 11) is 0. The van der Waals surface area contributed by atoms with Crippen molar-refractivity contribution in [1.82, 2.24) is 9.55 Å². The Morgan fingerprint density at radius 3 is 2.31 bits per heavy atom. The smallest absolute Gasteiger partial charge is 0.147 e. The zero-order valence-electron chi connectivity index (χ0n) is 14.5. The van der Waals surface area contributed by atoms with Crippen LogP contribution in [0.25, 0.3) is 22.2 Å². The maximum atomic E-state index is 10.7. The van der Waals surface area contributed by atoms with E-state index < -0.39 is 0 Å². The lowest BCUT2D eigenvalue weighted by atomic mass is 10.1. The van der Waals surface area contributed by atoms with Gasteiger partial charge in [0, 0.05) is 18.3 Å². The number of rotatable bonds is 4. The van der Waals surface area contributed by atoms with Crippen LogP contribution in [-0.2, 0) is 13.0 Å². The molecule has 0 radical (unpaired) electrons. The fourth-order valence-corrected chi connectivity index (χ4v) is 3.63. The van der Waals surface area contributed by atoms with Crippen LogP contribution in [-0.4, -0.2) is 14.7 Å². The second-order valence-corrected chi connectivity index (χ2v) is 6.70. The van der Waals surface area contributed by atoms with Crippen molar-refractivity contribution in [3.05, 3.63) is 83.1 Å². The molecule has 4 heteroatoms. The Balaban J connectivity index is 2.01. The van der Waals surface area contributed by atoms with E-state index in [9.17, 15) is 5.11 Å². The molecule has 0 spiro atoms. The van der Waals surface area contributed by atoms with Gasteiger partial charge >= 0.3 is 0 Å². The number of fused-ring (bicyclic) bond motifs is 1. The van der Waals surface area contributed by atoms with Crippen LogP contribution in [0.4, 0.5) is 0 Å². The minimum atomic E-state index is 0.180. The third kappa shape index (κ3) is 2.85. The molecule has 2 aromatic heterocycles. The number of aromatic hydroxyl groups is 1. The second-order valence-electron chi connectivity index (χ2n) is 6.29. The Hall–Kier alpha value is -2.78. The van der Waals surface area contributed by atoms with Crippen molar-refractivity contribution in [3.8, 4) is 17.0 Å². The number of pyridine rings is 1. The van der Waals surface area contributed by atoms with Crippen LogP contribution in [0, 0.1) is 0 Å². The summed E-state index contributed by atoms with van der Waals surface area (Å²) in [6.45, 7) is 2.65. The molecule has 130 valence electrons. The van der Waals surface area contributed by atoms with Crippen LogP contribution in [0.5, 0.6) is 5.75 Å². The first-order chi connectivity index (χ1) is 12.7. The van der Waals surface area contributed by atoms with Gasteiger partial charge in [0.1, 0.15) is 5.75 Å². The van der Waals surface area contributed by atoms with Gasteiger partial charge in [-0.1, -0.05) is 79.2 Å². The molecule has 0 bridgehead atoms. The normalized spacial score (nSPS) is 11.2. The first-order valence-electron chi connectivity index (χ1n) is 8.68. The largest absolute Gasteiger partial charge is 0.505 e. The lowest BCUT2D eigenvalue weighted by Crippen LogP contribution is -2.01. The molecule has 0 saturated carbocycles. The van der Waals surface area contributed by atoms with E-state index in [0.29, 0.717) is 29.1 Å². The van der Waals surface area contributed by atoms with Gasteiger partial charge in [0.15, 0.2) is 0 Å². The van der Waals surface area contributed by atoms with E-state index in [2.05, 4.69) is 16.7 Å².